The van der Waals surface area contributed by atoms with Gasteiger partial charge in [0.2, 0.25) is 0 Å². The third kappa shape index (κ3) is 7.05. The summed E-state index contributed by atoms with van der Waals surface area (Å²) in [4.78, 5) is 15.4. The van der Waals surface area contributed by atoms with Crippen molar-refractivity contribution < 1.29 is 4.42 Å². The van der Waals surface area contributed by atoms with E-state index in [9.17, 15) is 0 Å². The molecule has 4 nitrogen and oxygen atoms in total. The highest BCUT2D eigenvalue weighted by molar-refractivity contribution is 6.12. The Morgan fingerprint density at radius 1 is 0.776 bits per heavy atom. The molecule has 0 bridgehead atoms. The van der Waals surface area contributed by atoms with Crippen LogP contribution in [0.3, 0.4) is 0 Å². The summed E-state index contributed by atoms with van der Waals surface area (Å²) in [6, 6.07) is 27.6. The fourth-order valence-corrected chi connectivity index (χ4v) is 6.55. The third-order valence-corrected chi connectivity index (χ3v) is 8.91. The van der Waals surface area contributed by atoms with E-state index in [0.717, 1.165) is 70.1 Å². The standard InChI is InChI=1S/C45H39N3O/c1-3-5-6-7-9-19-34-29-30-40-43(38-24-14-15-25-39(38)49-40)42(34)45-47-41(46-44(48-45)35-20-10-8-11-21-35)26-16-23-32(17-4-2)37-28-27-33-18-12-13-22-36(33)31-37/h3-7,9-10,12-15,17-18,20-22,24-25,27-31H,1-2,8,11,16,19,23,26H2/b6-5-,9-7-,32-17+. The number of benzene rings is 4. The molecule has 0 fully saturated rings. The van der Waals surface area contributed by atoms with Gasteiger partial charge in [-0.15, -0.1) is 0 Å². The maximum Gasteiger partial charge on any atom is 0.164 e. The Hall–Kier alpha value is -5.87. The molecule has 0 saturated carbocycles. The number of aromatic nitrogens is 3. The summed E-state index contributed by atoms with van der Waals surface area (Å²) >= 11 is 0. The van der Waals surface area contributed by atoms with Crippen LogP contribution >= 0.6 is 0 Å². The summed E-state index contributed by atoms with van der Waals surface area (Å²) in [6.07, 6.45) is 25.7. The number of hydrogen-bond donors (Lipinski definition) is 0. The predicted octanol–water partition coefficient (Wildman–Crippen LogP) is 11.8. The van der Waals surface area contributed by atoms with E-state index in [0.29, 0.717) is 24.5 Å². The van der Waals surface area contributed by atoms with Gasteiger partial charge in [-0.05, 0) is 77.8 Å². The van der Waals surface area contributed by atoms with Gasteiger partial charge in [0, 0.05) is 28.3 Å². The highest BCUT2D eigenvalue weighted by atomic mass is 16.3. The molecule has 240 valence electrons. The Labute approximate surface area is 288 Å². The summed E-state index contributed by atoms with van der Waals surface area (Å²) in [5, 5.41) is 4.56. The first kappa shape index (κ1) is 31.7. The largest absolute Gasteiger partial charge is 0.456 e. The molecule has 0 unspecified atom stereocenters. The minimum Gasteiger partial charge on any atom is -0.456 e. The van der Waals surface area contributed by atoms with Gasteiger partial charge in [0.05, 0.1) is 0 Å². The first-order valence-corrected chi connectivity index (χ1v) is 17.0. The molecular formula is C45H39N3O. The number of aryl methyl sites for hydroxylation is 1. The zero-order valence-corrected chi connectivity index (χ0v) is 27.7. The Morgan fingerprint density at radius 2 is 1.63 bits per heavy atom. The molecule has 6 aromatic rings. The Kier molecular flexibility index (Phi) is 9.65. The Bertz CT molecular complexity index is 2330. The predicted molar refractivity (Wildman–Crippen MR) is 206 cm³/mol. The van der Waals surface area contributed by atoms with Crippen LogP contribution in [0.4, 0.5) is 0 Å². The monoisotopic (exact) mass is 637 g/mol. The van der Waals surface area contributed by atoms with Crippen molar-refractivity contribution in [2.45, 2.75) is 38.5 Å². The van der Waals surface area contributed by atoms with Crippen molar-refractivity contribution in [2.24, 2.45) is 0 Å². The summed E-state index contributed by atoms with van der Waals surface area (Å²) in [5.41, 5.74) is 7.31. The number of hydrogen-bond acceptors (Lipinski definition) is 4. The molecule has 0 atom stereocenters. The smallest absolute Gasteiger partial charge is 0.164 e. The van der Waals surface area contributed by atoms with Crippen molar-refractivity contribution in [1.82, 2.24) is 15.0 Å². The van der Waals surface area contributed by atoms with Crippen molar-refractivity contribution in [3.8, 4) is 11.4 Å². The van der Waals surface area contributed by atoms with Crippen LogP contribution in [0.1, 0.15) is 48.5 Å². The highest BCUT2D eigenvalue weighted by Crippen LogP contribution is 2.38. The van der Waals surface area contributed by atoms with Crippen LogP contribution in [0.2, 0.25) is 0 Å². The summed E-state index contributed by atoms with van der Waals surface area (Å²) in [5.74, 6) is 2.18. The third-order valence-electron chi connectivity index (χ3n) is 8.91. The lowest BCUT2D eigenvalue weighted by molar-refractivity contribution is 0.669. The fourth-order valence-electron chi connectivity index (χ4n) is 6.55. The summed E-state index contributed by atoms with van der Waals surface area (Å²) in [7, 11) is 0. The van der Waals surface area contributed by atoms with E-state index >= 15 is 0 Å². The molecular weight excluding hydrogens is 599 g/mol. The van der Waals surface area contributed by atoms with Gasteiger partial charge in [0.25, 0.3) is 0 Å². The normalized spacial score (nSPS) is 13.6. The molecule has 4 aromatic carbocycles. The molecule has 1 aliphatic carbocycles. The number of furan rings is 1. The Morgan fingerprint density at radius 3 is 2.49 bits per heavy atom. The molecule has 1 aliphatic rings. The van der Waals surface area contributed by atoms with Gasteiger partial charge in [-0.2, -0.15) is 0 Å². The SMILES string of the molecule is C=C/C=C\C=C/Cc1ccc2oc3ccccc3c2c1-c1nc(CCC/C(=C\C=C)c2ccc3ccccc3c2)nc(C2=CCCC=C2)n1. The zero-order valence-electron chi connectivity index (χ0n) is 27.7. The minimum atomic E-state index is 0.679. The lowest BCUT2D eigenvalue weighted by atomic mass is 9.96. The van der Waals surface area contributed by atoms with E-state index in [1.54, 1.807) is 6.08 Å². The van der Waals surface area contributed by atoms with E-state index in [4.69, 9.17) is 19.4 Å². The van der Waals surface area contributed by atoms with Gasteiger partial charge in [0.15, 0.2) is 11.6 Å². The van der Waals surface area contributed by atoms with Crippen molar-refractivity contribution in [2.75, 3.05) is 0 Å². The number of para-hydroxylation sites is 1. The van der Waals surface area contributed by atoms with Crippen LogP contribution in [-0.2, 0) is 12.8 Å². The topological polar surface area (TPSA) is 51.8 Å². The molecule has 0 spiro atoms. The van der Waals surface area contributed by atoms with Crippen molar-refractivity contribution in [3.05, 3.63) is 176 Å². The molecule has 2 heterocycles. The van der Waals surface area contributed by atoms with Gasteiger partial charge in [-0.1, -0.05) is 135 Å². The van der Waals surface area contributed by atoms with Crippen LogP contribution in [0.5, 0.6) is 0 Å². The molecule has 2 aromatic heterocycles. The molecule has 0 amide bonds. The lowest BCUT2D eigenvalue weighted by Crippen LogP contribution is -2.07. The maximum absolute atomic E-state index is 6.34. The van der Waals surface area contributed by atoms with E-state index in [-0.39, 0.29) is 0 Å². The number of allylic oxidation sites excluding steroid dienone is 12. The van der Waals surface area contributed by atoms with Crippen LogP contribution in [0, 0.1) is 0 Å². The number of nitrogens with zero attached hydrogens (tertiary/aromatic N) is 3. The lowest BCUT2D eigenvalue weighted by Gasteiger charge is -2.14. The molecule has 0 radical (unpaired) electrons. The van der Waals surface area contributed by atoms with E-state index < -0.39 is 0 Å². The van der Waals surface area contributed by atoms with Gasteiger partial charge < -0.3 is 4.42 Å². The Balaban J connectivity index is 1.29. The van der Waals surface area contributed by atoms with E-state index in [1.807, 2.05) is 30.4 Å². The second-order valence-electron chi connectivity index (χ2n) is 12.2. The average Bonchev–Trinajstić information content (AvgIpc) is 3.53. The van der Waals surface area contributed by atoms with Crippen LogP contribution < -0.4 is 0 Å². The van der Waals surface area contributed by atoms with Crippen LogP contribution in [0.15, 0.2) is 157 Å². The number of rotatable bonds is 12. The molecule has 7 rings (SSSR count). The van der Waals surface area contributed by atoms with E-state index in [2.05, 4.69) is 116 Å². The summed E-state index contributed by atoms with van der Waals surface area (Å²) < 4.78 is 6.34. The number of fused-ring (bicyclic) bond motifs is 4. The maximum atomic E-state index is 6.34. The molecule has 0 N–H and O–H groups in total. The second kappa shape index (κ2) is 14.9. The zero-order chi connectivity index (χ0) is 33.4. The second-order valence-corrected chi connectivity index (χ2v) is 12.2. The molecule has 49 heavy (non-hydrogen) atoms. The molecule has 0 saturated heterocycles. The van der Waals surface area contributed by atoms with Gasteiger partial charge >= 0.3 is 0 Å². The fraction of sp³-hybridized carbons (Fsp3) is 0.133. The van der Waals surface area contributed by atoms with Crippen LogP contribution in [0.25, 0.3) is 55.2 Å². The average molecular weight is 638 g/mol. The van der Waals surface area contributed by atoms with Gasteiger partial charge in [-0.3, -0.25) is 0 Å². The van der Waals surface area contributed by atoms with Crippen molar-refractivity contribution in [3.63, 3.8) is 0 Å². The van der Waals surface area contributed by atoms with Crippen LogP contribution in [-0.4, -0.2) is 15.0 Å². The highest BCUT2D eigenvalue weighted by Gasteiger charge is 2.20. The van der Waals surface area contributed by atoms with Crippen molar-refractivity contribution >= 4 is 43.9 Å². The summed E-state index contributed by atoms with van der Waals surface area (Å²) in [6.45, 7) is 7.78. The first-order chi connectivity index (χ1) is 24.2. The molecule has 4 heteroatoms. The first-order valence-electron chi connectivity index (χ1n) is 17.0. The van der Waals surface area contributed by atoms with E-state index in [1.165, 1.54) is 21.9 Å². The van der Waals surface area contributed by atoms with Gasteiger partial charge in [0.1, 0.15) is 17.0 Å². The quantitative estimate of drug-likeness (QED) is 0.125. The van der Waals surface area contributed by atoms with Gasteiger partial charge in [-0.25, -0.2) is 15.0 Å². The molecule has 0 aliphatic heterocycles. The van der Waals surface area contributed by atoms with Crippen molar-refractivity contribution in [1.29, 1.82) is 0 Å². The minimum absolute atomic E-state index is 0.679.